The normalized spacial score (nSPS) is 11.1. The van der Waals surface area contributed by atoms with Crippen molar-refractivity contribution in [1.82, 2.24) is 10.3 Å². The fraction of sp³-hybridized carbons (Fsp3) is 0.154. The number of halogens is 1. The Kier molecular flexibility index (Phi) is 5.14. The quantitative estimate of drug-likeness (QED) is 0.683. The number of primary amides is 1. The molecule has 0 spiro atoms. The summed E-state index contributed by atoms with van der Waals surface area (Å²) in [4.78, 5) is 26.5. The highest BCUT2D eigenvalue weighted by molar-refractivity contribution is 7.93. The van der Waals surface area contributed by atoms with Crippen molar-refractivity contribution < 1.29 is 22.4 Å². The zero-order valence-electron chi connectivity index (χ0n) is 12.4. The molecular weight excluding hydrogens is 359 g/mol. The zero-order valence-corrected chi connectivity index (χ0v) is 14.0. The predicted molar refractivity (Wildman–Crippen MR) is 85.6 cm³/mol. The van der Waals surface area contributed by atoms with Crippen LogP contribution in [0.15, 0.2) is 29.2 Å². The molecule has 24 heavy (non-hydrogen) atoms. The van der Waals surface area contributed by atoms with Crippen molar-refractivity contribution in [3.05, 3.63) is 40.7 Å². The number of nitrogens with zero attached hydrogens (tertiary/aromatic N) is 1. The van der Waals surface area contributed by atoms with E-state index in [9.17, 15) is 22.4 Å². The van der Waals surface area contributed by atoms with Crippen LogP contribution < -0.4 is 15.8 Å². The third-order valence-corrected chi connectivity index (χ3v) is 5.33. The number of hydrogen-bond donors (Lipinski definition) is 3. The van der Waals surface area contributed by atoms with Gasteiger partial charge >= 0.3 is 0 Å². The van der Waals surface area contributed by atoms with Gasteiger partial charge in [-0.1, -0.05) is 11.3 Å². The van der Waals surface area contributed by atoms with Gasteiger partial charge < -0.3 is 11.1 Å². The molecule has 8 nitrogen and oxygen atoms in total. The monoisotopic (exact) mass is 372 g/mol. The fourth-order valence-electron chi connectivity index (χ4n) is 1.69. The van der Waals surface area contributed by atoms with Gasteiger partial charge in [0.2, 0.25) is 5.91 Å². The molecule has 0 saturated carbocycles. The number of benzene rings is 1. The molecule has 0 radical (unpaired) electrons. The molecule has 0 fully saturated rings. The standard InChI is InChI=1S/C13H13FN4O4S2/c1-7-11(12(20)16-6-10(15)19)23-13(17-7)18-24(21,22)9-4-2-8(14)3-5-9/h2-5H,6H2,1H3,(H2,15,19)(H,16,20)(H,17,18). The minimum atomic E-state index is -3.96. The predicted octanol–water partition coefficient (Wildman–Crippen LogP) is 0.607. The van der Waals surface area contributed by atoms with Crippen LogP contribution in [0.5, 0.6) is 0 Å². The first-order valence-electron chi connectivity index (χ1n) is 6.51. The molecule has 11 heteroatoms. The van der Waals surface area contributed by atoms with Crippen molar-refractivity contribution >= 4 is 38.3 Å². The van der Waals surface area contributed by atoms with E-state index in [-0.39, 0.29) is 21.4 Å². The molecule has 0 aliphatic rings. The Labute approximate surface area is 140 Å². The fourth-order valence-corrected chi connectivity index (χ4v) is 3.80. The summed E-state index contributed by atoms with van der Waals surface area (Å²) in [5.74, 6) is -1.86. The van der Waals surface area contributed by atoms with Crippen LogP contribution in [0.1, 0.15) is 15.4 Å². The Morgan fingerprint density at radius 1 is 1.29 bits per heavy atom. The van der Waals surface area contributed by atoms with Gasteiger partial charge in [0.25, 0.3) is 15.9 Å². The number of aromatic nitrogens is 1. The molecule has 1 aromatic carbocycles. The summed E-state index contributed by atoms with van der Waals surface area (Å²) in [6.07, 6.45) is 0. The molecule has 1 heterocycles. The van der Waals surface area contributed by atoms with Crippen LogP contribution in [0.4, 0.5) is 9.52 Å². The molecule has 4 N–H and O–H groups in total. The molecule has 0 unspecified atom stereocenters. The second kappa shape index (κ2) is 6.93. The van der Waals surface area contributed by atoms with Crippen LogP contribution in [0, 0.1) is 12.7 Å². The van der Waals surface area contributed by atoms with E-state index >= 15 is 0 Å². The Morgan fingerprint density at radius 3 is 2.50 bits per heavy atom. The molecular formula is C13H13FN4O4S2. The number of nitrogens with two attached hydrogens (primary N) is 1. The van der Waals surface area contributed by atoms with E-state index in [1.54, 1.807) is 0 Å². The van der Waals surface area contributed by atoms with Gasteiger partial charge in [0.15, 0.2) is 5.13 Å². The van der Waals surface area contributed by atoms with Gasteiger partial charge in [0, 0.05) is 0 Å². The van der Waals surface area contributed by atoms with Crippen LogP contribution in [-0.4, -0.2) is 31.8 Å². The summed E-state index contributed by atoms with van der Waals surface area (Å²) in [5.41, 5.74) is 5.23. The highest BCUT2D eigenvalue weighted by atomic mass is 32.2. The van der Waals surface area contributed by atoms with E-state index in [4.69, 9.17) is 5.73 Å². The van der Waals surface area contributed by atoms with Crippen LogP contribution in [0.3, 0.4) is 0 Å². The summed E-state index contributed by atoms with van der Waals surface area (Å²) >= 11 is 0.804. The SMILES string of the molecule is Cc1nc(NS(=O)(=O)c2ccc(F)cc2)sc1C(=O)NCC(N)=O. The maximum Gasteiger partial charge on any atom is 0.263 e. The molecule has 128 valence electrons. The van der Waals surface area contributed by atoms with Crippen LogP contribution >= 0.6 is 11.3 Å². The van der Waals surface area contributed by atoms with Crippen molar-refractivity contribution in [2.75, 3.05) is 11.3 Å². The van der Waals surface area contributed by atoms with E-state index in [2.05, 4.69) is 15.0 Å². The van der Waals surface area contributed by atoms with E-state index in [0.29, 0.717) is 5.69 Å². The maximum absolute atomic E-state index is 12.9. The average molecular weight is 372 g/mol. The number of thiazole rings is 1. The smallest absolute Gasteiger partial charge is 0.263 e. The molecule has 0 saturated heterocycles. The lowest BCUT2D eigenvalue weighted by Gasteiger charge is -2.04. The zero-order chi connectivity index (χ0) is 17.9. The van der Waals surface area contributed by atoms with Gasteiger partial charge in [-0.25, -0.2) is 17.8 Å². The number of hydrogen-bond acceptors (Lipinski definition) is 6. The first kappa shape index (κ1) is 17.8. The number of rotatable bonds is 6. The molecule has 0 bridgehead atoms. The summed E-state index contributed by atoms with van der Waals surface area (Å²) in [6.45, 7) is 1.18. The highest BCUT2D eigenvalue weighted by Gasteiger charge is 2.20. The third-order valence-electron chi connectivity index (χ3n) is 2.77. The molecule has 1 aromatic heterocycles. The number of anilines is 1. The summed E-state index contributed by atoms with van der Waals surface area (Å²) in [7, 11) is -3.96. The number of aryl methyl sites for hydroxylation is 1. The number of carbonyl (C=O) groups is 2. The minimum Gasteiger partial charge on any atom is -0.368 e. The highest BCUT2D eigenvalue weighted by Crippen LogP contribution is 2.25. The Balaban J connectivity index is 2.19. The lowest BCUT2D eigenvalue weighted by molar-refractivity contribution is -0.117. The number of carbonyl (C=O) groups excluding carboxylic acids is 2. The Hall–Kier alpha value is -2.53. The second-order valence-corrected chi connectivity index (χ2v) is 7.32. The molecule has 2 rings (SSSR count). The molecule has 2 aromatic rings. The molecule has 0 aliphatic carbocycles. The first-order chi connectivity index (χ1) is 11.2. The van der Waals surface area contributed by atoms with Gasteiger partial charge in [-0.2, -0.15) is 0 Å². The van der Waals surface area contributed by atoms with Gasteiger partial charge in [-0.05, 0) is 31.2 Å². The van der Waals surface area contributed by atoms with E-state index in [1.165, 1.54) is 6.92 Å². The largest absolute Gasteiger partial charge is 0.368 e. The number of amides is 2. The Morgan fingerprint density at radius 2 is 1.92 bits per heavy atom. The van der Waals surface area contributed by atoms with Crippen molar-refractivity contribution in [3.63, 3.8) is 0 Å². The molecule has 0 atom stereocenters. The van der Waals surface area contributed by atoms with Gasteiger partial charge in [-0.15, -0.1) is 0 Å². The lowest BCUT2D eigenvalue weighted by atomic mass is 10.4. The minimum absolute atomic E-state index is 0.0268. The van der Waals surface area contributed by atoms with Gasteiger partial charge in [0.05, 0.1) is 17.1 Å². The van der Waals surface area contributed by atoms with Crippen molar-refractivity contribution in [2.24, 2.45) is 5.73 Å². The maximum atomic E-state index is 12.9. The molecule has 0 aliphatic heterocycles. The van der Waals surface area contributed by atoms with Gasteiger partial charge in [-0.3, -0.25) is 14.3 Å². The van der Waals surface area contributed by atoms with Crippen LogP contribution in [-0.2, 0) is 14.8 Å². The van der Waals surface area contributed by atoms with Gasteiger partial charge in [0.1, 0.15) is 10.7 Å². The summed E-state index contributed by atoms with van der Waals surface area (Å²) < 4.78 is 39.5. The number of sulfonamides is 1. The lowest BCUT2D eigenvalue weighted by Crippen LogP contribution is -2.33. The summed E-state index contributed by atoms with van der Waals surface area (Å²) in [6, 6.07) is 4.26. The third kappa shape index (κ3) is 4.26. The van der Waals surface area contributed by atoms with E-state index < -0.39 is 27.7 Å². The van der Waals surface area contributed by atoms with Crippen LogP contribution in [0.2, 0.25) is 0 Å². The number of nitrogens with one attached hydrogen (secondary N) is 2. The second-order valence-electron chi connectivity index (χ2n) is 4.64. The van der Waals surface area contributed by atoms with Crippen LogP contribution in [0.25, 0.3) is 0 Å². The average Bonchev–Trinajstić information content (AvgIpc) is 2.85. The topological polar surface area (TPSA) is 131 Å². The molecule has 2 amide bonds. The Bertz CT molecular complexity index is 878. The van der Waals surface area contributed by atoms with E-state index in [0.717, 1.165) is 35.6 Å². The van der Waals surface area contributed by atoms with Crippen molar-refractivity contribution in [3.8, 4) is 0 Å². The van der Waals surface area contributed by atoms with Crippen molar-refractivity contribution in [2.45, 2.75) is 11.8 Å². The van der Waals surface area contributed by atoms with Crippen molar-refractivity contribution in [1.29, 1.82) is 0 Å². The summed E-state index contributed by atoms with van der Waals surface area (Å²) in [5, 5.41) is 2.26. The first-order valence-corrected chi connectivity index (χ1v) is 8.81. The van der Waals surface area contributed by atoms with E-state index in [1.807, 2.05) is 0 Å².